The summed E-state index contributed by atoms with van der Waals surface area (Å²) in [6.45, 7) is 1.82. The van der Waals surface area contributed by atoms with Gasteiger partial charge in [0.1, 0.15) is 0 Å². The summed E-state index contributed by atoms with van der Waals surface area (Å²) < 4.78 is 0. The normalized spacial score (nSPS) is 13.1. The molecule has 0 aromatic heterocycles. The predicted molar refractivity (Wildman–Crippen MR) is 75.8 cm³/mol. The molecule has 5 nitrogen and oxygen atoms in total. The van der Waals surface area contributed by atoms with E-state index in [2.05, 4.69) is 10.5 Å². The van der Waals surface area contributed by atoms with Gasteiger partial charge in [-0.1, -0.05) is 41.3 Å². The molecular weight excluding hydrogens is 289 g/mol. The maximum absolute atomic E-state index is 11.8. The van der Waals surface area contributed by atoms with Crippen molar-refractivity contribution in [2.24, 2.45) is 10.9 Å². The van der Waals surface area contributed by atoms with Gasteiger partial charge in [-0.15, -0.1) is 0 Å². The van der Waals surface area contributed by atoms with Gasteiger partial charge in [0.2, 0.25) is 5.91 Å². The van der Waals surface area contributed by atoms with Crippen molar-refractivity contribution in [3.05, 3.63) is 33.8 Å². The number of carbonyl (C=O) groups excluding carboxylic acids is 1. The molecule has 1 rings (SSSR count). The Hall–Kier alpha value is -1.46. The molecule has 0 aliphatic heterocycles. The van der Waals surface area contributed by atoms with Gasteiger partial charge >= 0.3 is 0 Å². The lowest BCUT2D eigenvalue weighted by Gasteiger charge is -2.15. The number of nitrogens with zero attached hydrogens (tertiary/aromatic N) is 1. The minimum atomic E-state index is -0.486. The van der Waals surface area contributed by atoms with E-state index in [0.29, 0.717) is 16.5 Å². The van der Waals surface area contributed by atoms with Gasteiger partial charge < -0.3 is 16.3 Å². The van der Waals surface area contributed by atoms with Crippen LogP contribution in [0.4, 0.5) is 0 Å². The number of amides is 1. The van der Waals surface area contributed by atoms with E-state index >= 15 is 0 Å². The van der Waals surface area contributed by atoms with Crippen LogP contribution in [0, 0.1) is 0 Å². The maximum Gasteiger partial charge on any atom is 0.225 e. The molecule has 0 saturated heterocycles. The topological polar surface area (TPSA) is 87.7 Å². The lowest BCUT2D eigenvalue weighted by atomic mass is 10.1. The molecule has 1 aromatic carbocycles. The van der Waals surface area contributed by atoms with Gasteiger partial charge in [-0.2, -0.15) is 0 Å². The van der Waals surface area contributed by atoms with E-state index in [-0.39, 0.29) is 18.2 Å². The highest BCUT2D eigenvalue weighted by atomic mass is 35.5. The summed E-state index contributed by atoms with van der Waals surface area (Å²) in [7, 11) is 0. The Morgan fingerprint density at radius 1 is 1.47 bits per heavy atom. The molecule has 0 radical (unpaired) electrons. The number of halogens is 2. The highest BCUT2D eigenvalue weighted by molar-refractivity contribution is 6.42. The number of nitrogens with one attached hydrogen (secondary N) is 1. The summed E-state index contributed by atoms with van der Waals surface area (Å²) in [4.78, 5) is 11.8. The van der Waals surface area contributed by atoms with E-state index in [0.717, 1.165) is 5.56 Å². The third-order valence-electron chi connectivity index (χ3n) is 2.56. The molecule has 0 bridgehead atoms. The average molecular weight is 304 g/mol. The average Bonchev–Trinajstić information content (AvgIpc) is 2.39. The fourth-order valence-corrected chi connectivity index (χ4v) is 1.86. The molecule has 7 heteroatoms. The predicted octanol–water partition coefficient (Wildman–Crippen LogP) is 2.18. The van der Waals surface area contributed by atoms with Crippen LogP contribution in [0.25, 0.3) is 0 Å². The van der Waals surface area contributed by atoms with Crippen molar-refractivity contribution in [3.8, 4) is 0 Å². The first-order valence-electron chi connectivity index (χ1n) is 5.68. The largest absolute Gasteiger partial charge is 0.409 e. The van der Waals surface area contributed by atoms with Crippen LogP contribution in [0.15, 0.2) is 23.4 Å². The number of rotatable bonds is 5. The molecular formula is C12H15Cl2N3O2. The number of amidine groups is 1. The van der Waals surface area contributed by atoms with Crippen LogP contribution in [0.2, 0.25) is 10.0 Å². The molecule has 19 heavy (non-hydrogen) atoms. The van der Waals surface area contributed by atoms with E-state index in [4.69, 9.17) is 34.1 Å². The second-order valence-electron chi connectivity index (χ2n) is 3.98. The van der Waals surface area contributed by atoms with Gasteiger partial charge in [0, 0.05) is 0 Å². The van der Waals surface area contributed by atoms with E-state index in [1.165, 1.54) is 0 Å². The Kier molecular flexibility index (Phi) is 5.92. The number of hydrogen-bond donors (Lipinski definition) is 3. The third-order valence-corrected chi connectivity index (χ3v) is 3.30. The Morgan fingerprint density at radius 2 is 2.16 bits per heavy atom. The molecule has 104 valence electrons. The van der Waals surface area contributed by atoms with Crippen LogP contribution >= 0.6 is 23.2 Å². The third kappa shape index (κ3) is 4.61. The zero-order chi connectivity index (χ0) is 14.4. The summed E-state index contributed by atoms with van der Waals surface area (Å²) in [5, 5.41) is 15.0. The zero-order valence-corrected chi connectivity index (χ0v) is 11.9. The van der Waals surface area contributed by atoms with Crippen molar-refractivity contribution in [1.82, 2.24) is 5.32 Å². The van der Waals surface area contributed by atoms with Crippen LogP contribution in [-0.4, -0.2) is 23.0 Å². The molecule has 0 spiro atoms. The summed E-state index contributed by atoms with van der Waals surface area (Å²) >= 11 is 11.7. The van der Waals surface area contributed by atoms with Gasteiger partial charge in [-0.25, -0.2) is 0 Å². The first-order valence-corrected chi connectivity index (χ1v) is 6.44. The molecule has 1 amide bonds. The summed E-state index contributed by atoms with van der Waals surface area (Å²) in [6.07, 6.45) is 0.676. The number of carbonyl (C=O) groups is 1. The van der Waals surface area contributed by atoms with E-state index in [1.54, 1.807) is 18.2 Å². The Bertz CT molecular complexity index is 492. The molecule has 0 heterocycles. The van der Waals surface area contributed by atoms with Gasteiger partial charge in [-0.05, 0) is 24.1 Å². The van der Waals surface area contributed by atoms with E-state index in [1.807, 2.05) is 6.92 Å². The minimum absolute atomic E-state index is 0.0232. The smallest absolute Gasteiger partial charge is 0.225 e. The summed E-state index contributed by atoms with van der Waals surface area (Å²) in [5.41, 5.74) is 6.20. The van der Waals surface area contributed by atoms with E-state index in [9.17, 15) is 4.79 Å². The number of hydrogen-bond acceptors (Lipinski definition) is 3. The van der Waals surface area contributed by atoms with Crippen LogP contribution in [0.5, 0.6) is 0 Å². The minimum Gasteiger partial charge on any atom is -0.409 e. The van der Waals surface area contributed by atoms with Gasteiger partial charge in [0.25, 0.3) is 0 Å². The highest BCUT2D eigenvalue weighted by Crippen LogP contribution is 2.22. The van der Waals surface area contributed by atoms with E-state index < -0.39 is 6.04 Å². The fourth-order valence-electron chi connectivity index (χ4n) is 1.54. The summed E-state index contributed by atoms with van der Waals surface area (Å²) in [6, 6.07) is 4.50. The van der Waals surface area contributed by atoms with Crippen molar-refractivity contribution in [2.75, 3.05) is 0 Å². The van der Waals surface area contributed by atoms with Crippen molar-refractivity contribution >= 4 is 34.9 Å². The molecule has 1 unspecified atom stereocenters. The first kappa shape index (κ1) is 15.6. The van der Waals surface area contributed by atoms with Crippen LogP contribution in [0.3, 0.4) is 0 Å². The zero-order valence-electron chi connectivity index (χ0n) is 10.4. The molecule has 0 aliphatic carbocycles. The Balaban J connectivity index is 2.66. The fraction of sp³-hybridized carbons (Fsp3) is 0.333. The van der Waals surface area contributed by atoms with Crippen molar-refractivity contribution in [3.63, 3.8) is 0 Å². The molecule has 0 saturated carbocycles. The van der Waals surface area contributed by atoms with Crippen molar-refractivity contribution in [1.29, 1.82) is 0 Å². The SMILES string of the molecule is CCC(NC(=O)Cc1ccc(Cl)c(Cl)c1)C(N)=NO. The van der Waals surface area contributed by atoms with Gasteiger partial charge in [0.15, 0.2) is 5.84 Å². The summed E-state index contributed by atoms with van der Waals surface area (Å²) in [5.74, 6) is -0.262. The second kappa shape index (κ2) is 7.21. The molecule has 0 aliphatic rings. The molecule has 1 aromatic rings. The lowest BCUT2D eigenvalue weighted by molar-refractivity contribution is -0.120. The quantitative estimate of drug-likeness (QED) is 0.337. The second-order valence-corrected chi connectivity index (χ2v) is 4.79. The van der Waals surface area contributed by atoms with Crippen LogP contribution in [0.1, 0.15) is 18.9 Å². The van der Waals surface area contributed by atoms with Gasteiger partial charge in [0.05, 0.1) is 22.5 Å². The van der Waals surface area contributed by atoms with Crippen molar-refractivity contribution < 1.29 is 10.0 Å². The number of benzene rings is 1. The maximum atomic E-state index is 11.8. The van der Waals surface area contributed by atoms with Crippen LogP contribution < -0.4 is 11.1 Å². The molecule has 4 N–H and O–H groups in total. The van der Waals surface area contributed by atoms with Crippen molar-refractivity contribution in [2.45, 2.75) is 25.8 Å². The van der Waals surface area contributed by atoms with Gasteiger partial charge in [-0.3, -0.25) is 4.79 Å². The highest BCUT2D eigenvalue weighted by Gasteiger charge is 2.15. The lowest BCUT2D eigenvalue weighted by Crippen LogP contribution is -2.44. The first-order chi connectivity index (χ1) is 8.97. The monoisotopic (exact) mass is 303 g/mol. The standard InChI is InChI=1S/C12H15Cl2N3O2/c1-2-10(12(15)17-19)16-11(18)6-7-3-4-8(13)9(14)5-7/h3-5,10,19H,2,6H2,1H3,(H2,15,17)(H,16,18). The number of oxime groups is 1. The molecule has 1 atom stereocenters. The Morgan fingerprint density at radius 3 is 2.68 bits per heavy atom. The number of nitrogens with two attached hydrogens (primary N) is 1. The van der Waals surface area contributed by atoms with Crippen LogP contribution in [-0.2, 0) is 11.2 Å². The molecule has 0 fully saturated rings. The Labute approximate surface area is 121 Å².